The highest BCUT2D eigenvalue weighted by atomic mass is 35.5. The molecule has 1 saturated heterocycles. The van der Waals surface area contributed by atoms with Crippen LogP contribution in [0.25, 0.3) is 11.4 Å². The lowest BCUT2D eigenvalue weighted by atomic mass is 10.1. The van der Waals surface area contributed by atoms with E-state index < -0.39 is 9.84 Å². The average Bonchev–Trinajstić information content (AvgIpc) is 2.86. The highest BCUT2D eigenvalue weighted by Crippen LogP contribution is 2.31. The third-order valence-corrected chi connectivity index (χ3v) is 5.63. The van der Waals surface area contributed by atoms with Crippen molar-refractivity contribution in [2.75, 3.05) is 17.2 Å². The second-order valence-electron chi connectivity index (χ2n) is 5.10. The number of aromatic nitrogens is 4. The standard InChI is InChI=1S/C12H14ClN5O2S/c13-11-6-8(14)3-4-10(11)12-15-16-17-18(12)9-2-1-5-21(19,20)7-9/h3-4,6,9H,1-2,5,7,14H2. The number of sulfone groups is 1. The van der Waals surface area contributed by atoms with Crippen molar-refractivity contribution < 1.29 is 8.42 Å². The second kappa shape index (κ2) is 5.27. The van der Waals surface area contributed by atoms with E-state index >= 15 is 0 Å². The van der Waals surface area contributed by atoms with Crippen LogP contribution in [0.15, 0.2) is 18.2 Å². The quantitative estimate of drug-likeness (QED) is 0.834. The normalized spacial score (nSPS) is 21.3. The van der Waals surface area contributed by atoms with E-state index in [1.807, 2.05) is 0 Å². The van der Waals surface area contributed by atoms with Gasteiger partial charge in [-0.3, -0.25) is 0 Å². The Labute approximate surface area is 127 Å². The van der Waals surface area contributed by atoms with Gasteiger partial charge in [-0.15, -0.1) is 5.10 Å². The summed E-state index contributed by atoms with van der Waals surface area (Å²) in [6, 6.07) is 4.80. The molecule has 9 heteroatoms. The van der Waals surface area contributed by atoms with E-state index in [4.69, 9.17) is 17.3 Å². The first-order chi connectivity index (χ1) is 9.96. The van der Waals surface area contributed by atoms with Gasteiger partial charge >= 0.3 is 0 Å². The summed E-state index contributed by atoms with van der Waals surface area (Å²) in [5.74, 6) is 0.739. The van der Waals surface area contributed by atoms with Gasteiger partial charge in [-0.05, 0) is 41.5 Å². The Kier molecular flexibility index (Phi) is 3.58. The number of benzene rings is 1. The molecule has 2 aromatic rings. The van der Waals surface area contributed by atoms with E-state index in [0.29, 0.717) is 28.5 Å². The molecule has 1 fully saturated rings. The molecular formula is C12H14ClN5O2S. The number of halogens is 1. The Morgan fingerprint density at radius 1 is 1.38 bits per heavy atom. The van der Waals surface area contributed by atoms with Crippen LogP contribution >= 0.6 is 11.6 Å². The molecule has 1 aliphatic heterocycles. The first-order valence-corrected chi connectivity index (χ1v) is 8.70. The fourth-order valence-corrected chi connectivity index (χ4v) is 4.46. The van der Waals surface area contributed by atoms with Gasteiger partial charge in [-0.1, -0.05) is 11.6 Å². The van der Waals surface area contributed by atoms with Crippen LogP contribution in [0.2, 0.25) is 5.02 Å². The minimum Gasteiger partial charge on any atom is -0.399 e. The second-order valence-corrected chi connectivity index (χ2v) is 7.73. The van der Waals surface area contributed by atoms with Crippen molar-refractivity contribution in [2.45, 2.75) is 18.9 Å². The fraction of sp³-hybridized carbons (Fsp3) is 0.417. The molecule has 0 bridgehead atoms. The summed E-state index contributed by atoms with van der Waals surface area (Å²) in [6.07, 6.45) is 1.34. The zero-order chi connectivity index (χ0) is 15.0. The predicted octanol–water partition coefficient (Wildman–Crippen LogP) is 1.33. The molecule has 1 atom stereocenters. The number of nitrogens with two attached hydrogens (primary N) is 1. The average molecular weight is 328 g/mol. The molecule has 7 nitrogen and oxygen atoms in total. The number of tetrazole rings is 1. The Balaban J connectivity index is 2.01. The molecule has 21 heavy (non-hydrogen) atoms. The first-order valence-electron chi connectivity index (χ1n) is 6.50. The van der Waals surface area contributed by atoms with Crippen LogP contribution in [0.3, 0.4) is 0 Å². The van der Waals surface area contributed by atoms with Crippen LogP contribution < -0.4 is 5.73 Å². The van der Waals surface area contributed by atoms with Gasteiger partial charge in [0.1, 0.15) is 0 Å². The summed E-state index contributed by atoms with van der Waals surface area (Å²) in [6.45, 7) is 0. The van der Waals surface area contributed by atoms with Gasteiger partial charge in [0.05, 0.1) is 22.6 Å². The van der Waals surface area contributed by atoms with Crippen LogP contribution in [-0.4, -0.2) is 40.1 Å². The lowest BCUT2D eigenvalue weighted by molar-refractivity contribution is 0.429. The van der Waals surface area contributed by atoms with Crippen molar-refractivity contribution in [3.05, 3.63) is 23.2 Å². The molecule has 1 unspecified atom stereocenters. The number of anilines is 1. The van der Waals surface area contributed by atoms with Crippen LogP contribution in [-0.2, 0) is 9.84 Å². The summed E-state index contributed by atoms with van der Waals surface area (Å²) in [5, 5.41) is 12.0. The Hall–Kier alpha value is -1.67. The van der Waals surface area contributed by atoms with E-state index in [-0.39, 0.29) is 17.5 Å². The third kappa shape index (κ3) is 2.86. The molecule has 1 aliphatic rings. The first kappa shape index (κ1) is 14.3. The minimum absolute atomic E-state index is 0.0532. The van der Waals surface area contributed by atoms with Gasteiger partial charge in [0.15, 0.2) is 15.7 Å². The third-order valence-electron chi connectivity index (χ3n) is 3.51. The van der Waals surface area contributed by atoms with E-state index in [0.717, 1.165) is 6.42 Å². The van der Waals surface area contributed by atoms with Gasteiger partial charge in [0, 0.05) is 11.3 Å². The summed E-state index contributed by atoms with van der Waals surface area (Å²) in [7, 11) is -3.04. The van der Waals surface area contributed by atoms with E-state index in [2.05, 4.69) is 15.5 Å². The lowest BCUT2D eigenvalue weighted by Gasteiger charge is -2.22. The lowest BCUT2D eigenvalue weighted by Crippen LogP contribution is -2.28. The highest BCUT2D eigenvalue weighted by Gasteiger charge is 2.29. The molecule has 0 amide bonds. The molecule has 0 radical (unpaired) electrons. The van der Waals surface area contributed by atoms with Crippen molar-refractivity contribution >= 4 is 27.1 Å². The van der Waals surface area contributed by atoms with Gasteiger partial charge in [-0.2, -0.15) is 0 Å². The van der Waals surface area contributed by atoms with Crippen LogP contribution in [0.1, 0.15) is 18.9 Å². The van der Waals surface area contributed by atoms with Crippen molar-refractivity contribution in [1.29, 1.82) is 0 Å². The smallest absolute Gasteiger partial charge is 0.183 e. The van der Waals surface area contributed by atoms with E-state index in [1.54, 1.807) is 22.9 Å². The highest BCUT2D eigenvalue weighted by molar-refractivity contribution is 7.91. The Bertz CT molecular complexity index is 774. The Morgan fingerprint density at radius 2 is 2.19 bits per heavy atom. The van der Waals surface area contributed by atoms with E-state index in [9.17, 15) is 8.42 Å². The zero-order valence-corrected chi connectivity index (χ0v) is 12.7. The molecule has 2 heterocycles. The Morgan fingerprint density at radius 3 is 2.90 bits per heavy atom. The fourth-order valence-electron chi connectivity index (χ4n) is 2.52. The number of hydrogen-bond donors (Lipinski definition) is 1. The number of nitrogens with zero attached hydrogens (tertiary/aromatic N) is 4. The summed E-state index contributed by atoms with van der Waals surface area (Å²) in [4.78, 5) is 0. The van der Waals surface area contributed by atoms with Crippen LogP contribution in [0, 0.1) is 0 Å². The van der Waals surface area contributed by atoms with Crippen LogP contribution in [0.5, 0.6) is 0 Å². The molecule has 0 saturated carbocycles. The topological polar surface area (TPSA) is 104 Å². The molecular weight excluding hydrogens is 314 g/mol. The summed E-state index contributed by atoms with van der Waals surface area (Å²) < 4.78 is 25.1. The van der Waals surface area contributed by atoms with Gasteiger partial charge in [-0.25, -0.2) is 13.1 Å². The molecule has 2 N–H and O–H groups in total. The maximum atomic E-state index is 11.8. The maximum Gasteiger partial charge on any atom is 0.183 e. The molecule has 112 valence electrons. The maximum absolute atomic E-state index is 11.8. The zero-order valence-electron chi connectivity index (χ0n) is 11.1. The largest absolute Gasteiger partial charge is 0.399 e. The SMILES string of the molecule is Nc1ccc(-c2nnnn2C2CCCS(=O)(=O)C2)c(Cl)c1. The predicted molar refractivity (Wildman–Crippen MR) is 79.6 cm³/mol. The minimum atomic E-state index is -3.04. The van der Waals surface area contributed by atoms with Crippen molar-refractivity contribution in [1.82, 2.24) is 20.2 Å². The summed E-state index contributed by atoms with van der Waals surface area (Å²) >= 11 is 6.18. The molecule has 3 rings (SSSR count). The molecule has 0 aliphatic carbocycles. The molecule has 0 spiro atoms. The number of rotatable bonds is 2. The van der Waals surface area contributed by atoms with Crippen LogP contribution in [0.4, 0.5) is 5.69 Å². The molecule has 1 aromatic heterocycles. The monoisotopic (exact) mass is 327 g/mol. The molecule has 1 aromatic carbocycles. The van der Waals surface area contributed by atoms with Crippen molar-refractivity contribution in [3.63, 3.8) is 0 Å². The van der Waals surface area contributed by atoms with Gasteiger partial charge in [0.2, 0.25) is 0 Å². The summed E-state index contributed by atoms with van der Waals surface area (Å²) in [5.41, 5.74) is 6.86. The van der Waals surface area contributed by atoms with Crippen molar-refractivity contribution in [3.8, 4) is 11.4 Å². The number of nitrogen functional groups attached to an aromatic ring is 1. The van der Waals surface area contributed by atoms with E-state index in [1.165, 1.54) is 0 Å². The van der Waals surface area contributed by atoms with Crippen molar-refractivity contribution in [2.24, 2.45) is 0 Å². The van der Waals surface area contributed by atoms with Gasteiger partial charge < -0.3 is 5.73 Å². The van der Waals surface area contributed by atoms with Gasteiger partial charge in [0.25, 0.3) is 0 Å². The number of hydrogen-bond acceptors (Lipinski definition) is 6.